The molecule has 0 saturated carbocycles. The summed E-state index contributed by atoms with van der Waals surface area (Å²) in [6.07, 6.45) is 2.94. The Morgan fingerprint density at radius 1 is 1.19 bits per heavy atom. The molecule has 0 N–H and O–H groups in total. The van der Waals surface area contributed by atoms with Crippen molar-refractivity contribution < 1.29 is 18.3 Å². The molecule has 0 heterocycles. The highest BCUT2D eigenvalue weighted by Crippen LogP contribution is 2.27. The van der Waals surface area contributed by atoms with E-state index in [9.17, 15) is 13.6 Å². The van der Waals surface area contributed by atoms with Crippen molar-refractivity contribution >= 4 is 17.7 Å². The van der Waals surface area contributed by atoms with E-state index >= 15 is 0 Å². The molecule has 5 heteroatoms. The van der Waals surface area contributed by atoms with Gasteiger partial charge in [0.15, 0.2) is 0 Å². The Labute approximate surface area is 132 Å². The predicted octanol–water partition coefficient (Wildman–Crippen LogP) is 5.30. The SMILES string of the molecule is CCCCOC(=O)C(SCCCCC(F)(F)CC)C(C)C. The lowest BCUT2D eigenvalue weighted by Gasteiger charge is -2.19. The molecule has 126 valence electrons. The lowest BCUT2D eigenvalue weighted by atomic mass is 10.1. The molecule has 1 unspecified atom stereocenters. The lowest BCUT2D eigenvalue weighted by Crippen LogP contribution is -2.26. The minimum Gasteiger partial charge on any atom is -0.465 e. The van der Waals surface area contributed by atoms with Gasteiger partial charge in [0.2, 0.25) is 5.92 Å². The standard InChI is InChI=1S/C16H30F2O2S/c1-5-7-11-20-15(19)14(13(3)4)21-12-9-8-10-16(17,18)6-2/h13-14H,5-12H2,1-4H3. The van der Waals surface area contributed by atoms with Crippen molar-refractivity contribution in [2.75, 3.05) is 12.4 Å². The number of carbonyl (C=O) groups is 1. The summed E-state index contributed by atoms with van der Waals surface area (Å²) >= 11 is 1.53. The van der Waals surface area contributed by atoms with Crippen LogP contribution < -0.4 is 0 Å². The second-order valence-corrected chi connectivity index (χ2v) is 6.97. The van der Waals surface area contributed by atoms with Crippen molar-refractivity contribution in [3.8, 4) is 0 Å². The molecular formula is C16H30F2O2S. The predicted molar refractivity (Wildman–Crippen MR) is 86.0 cm³/mol. The third kappa shape index (κ3) is 10.1. The molecule has 0 rings (SSSR count). The zero-order chi connectivity index (χ0) is 16.3. The van der Waals surface area contributed by atoms with Crippen LogP contribution >= 0.6 is 11.8 Å². The average Bonchev–Trinajstić information content (AvgIpc) is 2.42. The number of unbranched alkanes of at least 4 members (excludes halogenated alkanes) is 2. The van der Waals surface area contributed by atoms with E-state index in [2.05, 4.69) is 6.92 Å². The fourth-order valence-electron chi connectivity index (χ4n) is 1.80. The number of carbonyl (C=O) groups excluding carboxylic acids is 1. The zero-order valence-corrected chi connectivity index (χ0v) is 14.6. The van der Waals surface area contributed by atoms with Crippen LogP contribution in [0, 0.1) is 5.92 Å². The highest BCUT2D eigenvalue weighted by atomic mass is 32.2. The van der Waals surface area contributed by atoms with Gasteiger partial charge in [0.25, 0.3) is 0 Å². The summed E-state index contributed by atoms with van der Waals surface area (Å²) < 4.78 is 31.4. The van der Waals surface area contributed by atoms with E-state index in [1.54, 1.807) is 0 Å². The second kappa shape index (κ2) is 11.3. The fraction of sp³-hybridized carbons (Fsp3) is 0.938. The molecule has 1 atom stereocenters. The smallest absolute Gasteiger partial charge is 0.319 e. The van der Waals surface area contributed by atoms with Gasteiger partial charge >= 0.3 is 5.97 Å². The first kappa shape index (κ1) is 20.7. The molecule has 21 heavy (non-hydrogen) atoms. The first-order valence-corrected chi connectivity index (χ1v) is 9.05. The number of thioether (sulfide) groups is 1. The Morgan fingerprint density at radius 2 is 1.86 bits per heavy atom. The second-order valence-electron chi connectivity index (χ2n) is 5.72. The summed E-state index contributed by atoms with van der Waals surface area (Å²) in [7, 11) is 0. The number of rotatable bonds is 12. The topological polar surface area (TPSA) is 26.3 Å². The van der Waals surface area contributed by atoms with Crippen LogP contribution in [0.2, 0.25) is 0 Å². The van der Waals surface area contributed by atoms with Gasteiger partial charge in [-0.1, -0.05) is 34.1 Å². The van der Waals surface area contributed by atoms with E-state index in [0.717, 1.165) is 18.6 Å². The summed E-state index contributed by atoms with van der Waals surface area (Å²) in [5.74, 6) is -1.78. The molecule has 0 bridgehead atoms. The van der Waals surface area contributed by atoms with Crippen molar-refractivity contribution in [1.82, 2.24) is 0 Å². The molecule has 0 aromatic rings. The summed E-state index contributed by atoms with van der Waals surface area (Å²) in [6.45, 7) is 8.01. The molecule has 0 aliphatic heterocycles. The highest BCUT2D eigenvalue weighted by Gasteiger charge is 2.26. The molecule has 0 aliphatic rings. The van der Waals surface area contributed by atoms with Gasteiger partial charge in [-0.05, 0) is 30.9 Å². The Bertz CT molecular complexity index is 283. The van der Waals surface area contributed by atoms with Gasteiger partial charge < -0.3 is 4.74 Å². The normalized spacial score (nSPS) is 13.5. The number of esters is 1. The van der Waals surface area contributed by atoms with E-state index in [-0.39, 0.29) is 30.0 Å². The molecule has 0 saturated heterocycles. The van der Waals surface area contributed by atoms with Crippen LogP contribution in [0.5, 0.6) is 0 Å². The third-order valence-electron chi connectivity index (χ3n) is 3.33. The van der Waals surface area contributed by atoms with Gasteiger partial charge in [-0.3, -0.25) is 4.79 Å². The molecule has 2 nitrogen and oxygen atoms in total. The van der Waals surface area contributed by atoms with E-state index in [1.807, 2.05) is 13.8 Å². The van der Waals surface area contributed by atoms with Gasteiger partial charge in [0.1, 0.15) is 5.25 Å². The molecule has 0 aromatic heterocycles. The first-order chi connectivity index (χ1) is 9.84. The van der Waals surface area contributed by atoms with Gasteiger partial charge in [0.05, 0.1) is 6.61 Å². The third-order valence-corrected chi connectivity index (χ3v) is 4.95. The Morgan fingerprint density at radius 3 is 2.38 bits per heavy atom. The summed E-state index contributed by atoms with van der Waals surface area (Å²) in [5, 5.41) is -0.187. The zero-order valence-electron chi connectivity index (χ0n) is 13.8. The maximum absolute atomic E-state index is 13.1. The van der Waals surface area contributed by atoms with Crippen LogP contribution in [0.25, 0.3) is 0 Å². The van der Waals surface area contributed by atoms with Crippen LogP contribution in [0.15, 0.2) is 0 Å². The van der Waals surface area contributed by atoms with Crippen LogP contribution in [-0.4, -0.2) is 29.5 Å². The van der Waals surface area contributed by atoms with Crippen molar-refractivity contribution in [2.45, 2.75) is 77.4 Å². The average molecular weight is 324 g/mol. The van der Waals surface area contributed by atoms with Crippen molar-refractivity contribution in [1.29, 1.82) is 0 Å². The summed E-state index contributed by atoms with van der Waals surface area (Å²) in [4.78, 5) is 12.0. The van der Waals surface area contributed by atoms with Gasteiger partial charge in [-0.15, -0.1) is 11.8 Å². The number of hydrogen-bond acceptors (Lipinski definition) is 3. The van der Waals surface area contributed by atoms with E-state index in [4.69, 9.17) is 4.74 Å². The fourth-order valence-corrected chi connectivity index (χ4v) is 3.02. The molecule has 0 fully saturated rings. The Hall–Kier alpha value is -0.320. The molecule has 0 radical (unpaired) electrons. The van der Waals surface area contributed by atoms with Crippen LogP contribution in [0.4, 0.5) is 8.78 Å². The Kier molecular flexibility index (Phi) is 11.1. The molecule has 0 aliphatic carbocycles. The lowest BCUT2D eigenvalue weighted by molar-refractivity contribution is -0.143. The molecule has 0 aromatic carbocycles. The van der Waals surface area contributed by atoms with E-state index < -0.39 is 5.92 Å². The van der Waals surface area contributed by atoms with Gasteiger partial charge in [-0.2, -0.15) is 0 Å². The Balaban J connectivity index is 3.97. The molecular weight excluding hydrogens is 294 g/mol. The minimum absolute atomic E-state index is 0.0582. The highest BCUT2D eigenvalue weighted by molar-refractivity contribution is 8.00. The van der Waals surface area contributed by atoms with Gasteiger partial charge in [0, 0.05) is 12.8 Å². The van der Waals surface area contributed by atoms with Crippen molar-refractivity contribution in [3.63, 3.8) is 0 Å². The van der Waals surface area contributed by atoms with E-state index in [0.29, 0.717) is 19.4 Å². The van der Waals surface area contributed by atoms with Crippen molar-refractivity contribution in [2.24, 2.45) is 5.92 Å². The quantitative estimate of drug-likeness (QED) is 0.360. The van der Waals surface area contributed by atoms with Crippen molar-refractivity contribution in [3.05, 3.63) is 0 Å². The van der Waals surface area contributed by atoms with E-state index in [1.165, 1.54) is 18.7 Å². The summed E-state index contributed by atoms with van der Waals surface area (Å²) in [6, 6.07) is 0. The largest absolute Gasteiger partial charge is 0.465 e. The number of alkyl halides is 2. The number of hydrogen-bond donors (Lipinski definition) is 0. The maximum Gasteiger partial charge on any atom is 0.319 e. The molecule has 0 spiro atoms. The van der Waals surface area contributed by atoms with Crippen LogP contribution in [-0.2, 0) is 9.53 Å². The maximum atomic E-state index is 13.1. The monoisotopic (exact) mass is 324 g/mol. The van der Waals surface area contributed by atoms with Gasteiger partial charge in [-0.25, -0.2) is 8.78 Å². The molecule has 0 amide bonds. The minimum atomic E-state index is -2.54. The van der Waals surface area contributed by atoms with Crippen LogP contribution in [0.3, 0.4) is 0 Å². The first-order valence-electron chi connectivity index (χ1n) is 8.00. The van der Waals surface area contributed by atoms with Crippen LogP contribution in [0.1, 0.15) is 66.2 Å². The number of ether oxygens (including phenoxy) is 1. The summed E-state index contributed by atoms with van der Waals surface area (Å²) in [5.41, 5.74) is 0. The number of halogens is 2.